The summed E-state index contributed by atoms with van der Waals surface area (Å²) >= 11 is 0. The fraction of sp³-hybridized carbons (Fsp3) is 0.889. The van der Waals surface area contributed by atoms with Crippen LogP contribution in [0.2, 0.25) is 0 Å². The van der Waals surface area contributed by atoms with Crippen molar-refractivity contribution in [1.82, 2.24) is 5.32 Å². The van der Waals surface area contributed by atoms with E-state index < -0.39 is 0 Å². The number of amides is 1. The molecule has 2 heteroatoms. The number of carbonyl (C=O) groups is 1. The molecule has 0 aromatic rings. The molecule has 1 rings (SSSR count). The molecule has 0 bridgehead atoms. The van der Waals surface area contributed by atoms with E-state index in [-0.39, 0.29) is 11.8 Å². The van der Waals surface area contributed by atoms with Gasteiger partial charge in [0.05, 0.1) is 0 Å². The third-order valence-electron chi connectivity index (χ3n) is 1.92. The third-order valence-corrected chi connectivity index (χ3v) is 1.92. The van der Waals surface area contributed by atoms with E-state index in [2.05, 4.69) is 12.2 Å². The lowest BCUT2D eigenvalue weighted by molar-refractivity contribution is -0.122. The van der Waals surface area contributed by atoms with Gasteiger partial charge in [0.15, 0.2) is 0 Å². The van der Waals surface area contributed by atoms with Gasteiger partial charge in [-0.25, -0.2) is 0 Å². The summed E-state index contributed by atoms with van der Waals surface area (Å²) in [6.07, 6.45) is 2.09. The average Bonchev–Trinajstić information content (AvgIpc) is 2.36. The summed E-state index contributed by atoms with van der Waals surface area (Å²) in [5, 5.41) is 2.91. The fourth-order valence-corrected chi connectivity index (χ4v) is 1.20. The first-order chi connectivity index (χ1) is 5.24. The zero-order valence-electron chi connectivity index (χ0n) is 7.98. The number of rotatable bonds is 1. The van der Waals surface area contributed by atoms with E-state index in [0.29, 0.717) is 6.04 Å². The lowest BCUT2D eigenvalue weighted by atomic mass is 10.1. The first-order valence-corrected chi connectivity index (χ1v) is 4.54. The maximum Gasteiger partial charge on any atom is 0.223 e. The van der Waals surface area contributed by atoms with Crippen LogP contribution in [-0.2, 0) is 4.79 Å². The highest BCUT2D eigenvalue weighted by atomic mass is 16.2. The highest BCUT2D eigenvalue weighted by Crippen LogP contribution is 2.15. The average molecular weight is 157 g/mol. The molecule has 0 radical (unpaired) electrons. The van der Waals surface area contributed by atoms with Crippen molar-refractivity contribution in [3.63, 3.8) is 0 Å². The smallest absolute Gasteiger partial charge is 0.223 e. The first-order valence-electron chi connectivity index (χ1n) is 4.54. The molecule has 1 amide bonds. The Hall–Kier alpha value is -0.530. The Bertz CT molecular complexity index is 123. The molecular weight excluding hydrogens is 138 g/mol. The predicted molar refractivity (Wildman–Crippen MR) is 47.4 cm³/mol. The van der Waals surface area contributed by atoms with E-state index in [9.17, 15) is 4.79 Å². The Morgan fingerprint density at radius 2 is 2.09 bits per heavy atom. The second-order valence-electron chi connectivity index (χ2n) is 2.75. The minimum absolute atomic E-state index is 0.224. The van der Waals surface area contributed by atoms with Gasteiger partial charge in [-0.3, -0.25) is 4.79 Å². The van der Waals surface area contributed by atoms with Crippen LogP contribution in [0.1, 0.15) is 40.5 Å². The SMILES string of the molecule is CC.CCC1CC(C)C(=O)N1. The maximum absolute atomic E-state index is 10.8. The van der Waals surface area contributed by atoms with Crippen LogP contribution >= 0.6 is 0 Å². The number of nitrogens with one attached hydrogen (secondary N) is 1. The molecule has 2 nitrogen and oxygen atoms in total. The molecule has 1 N–H and O–H groups in total. The Morgan fingerprint density at radius 3 is 2.27 bits per heavy atom. The minimum atomic E-state index is 0.224. The molecule has 0 aromatic carbocycles. The standard InChI is InChI=1S/C7H13NO.C2H6/c1-3-6-4-5(2)7(9)8-6;1-2/h5-6H,3-4H2,1-2H3,(H,8,9);1-2H3. The van der Waals surface area contributed by atoms with Gasteiger partial charge in [0.2, 0.25) is 5.91 Å². The summed E-state index contributed by atoms with van der Waals surface area (Å²) in [5.74, 6) is 0.469. The van der Waals surface area contributed by atoms with Crippen LogP contribution in [-0.4, -0.2) is 11.9 Å². The highest BCUT2D eigenvalue weighted by Gasteiger charge is 2.26. The summed E-state index contributed by atoms with van der Waals surface area (Å²) in [6.45, 7) is 8.08. The molecule has 1 fully saturated rings. The van der Waals surface area contributed by atoms with Gasteiger partial charge in [-0.05, 0) is 12.8 Å². The van der Waals surface area contributed by atoms with Crippen LogP contribution < -0.4 is 5.32 Å². The Kier molecular flexibility index (Phi) is 4.92. The fourth-order valence-electron chi connectivity index (χ4n) is 1.20. The summed E-state index contributed by atoms with van der Waals surface area (Å²) in [5.41, 5.74) is 0. The largest absolute Gasteiger partial charge is 0.353 e. The van der Waals surface area contributed by atoms with Crippen molar-refractivity contribution in [1.29, 1.82) is 0 Å². The summed E-state index contributed by atoms with van der Waals surface area (Å²) < 4.78 is 0. The van der Waals surface area contributed by atoms with Crippen LogP contribution in [0.5, 0.6) is 0 Å². The predicted octanol–water partition coefficient (Wildman–Crippen LogP) is 1.95. The van der Waals surface area contributed by atoms with E-state index >= 15 is 0 Å². The molecule has 1 saturated heterocycles. The van der Waals surface area contributed by atoms with E-state index in [1.165, 1.54) is 0 Å². The molecule has 0 spiro atoms. The van der Waals surface area contributed by atoms with Crippen molar-refractivity contribution in [3.8, 4) is 0 Å². The van der Waals surface area contributed by atoms with Gasteiger partial charge in [-0.1, -0.05) is 27.7 Å². The van der Waals surface area contributed by atoms with Crippen molar-refractivity contribution in [3.05, 3.63) is 0 Å². The second kappa shape index (κ2) is 5.16. The van der Waals surface area contributed by atoms with Gasteiger partial charge in [0.1, 0.15) is 0 Å². The molecule has 0 saturated carbocycles. The van der Waals surface area contributed by atoms with Gasteiger partial charge in [-0.2, -0.15) is 0 Å². The van der Waals surface area contributed by atoms with Crippen LogP contribution in [0.3, 0.4) is 0 Å². The van der Waals surface area contributed by atoms with Crippen molar-refractivity contribution in [2.75, 3.05) is 0 Å². The molecular formula is C9H19NO. The van der Waals surface area contributed by atoms with Crippen LogP contribution in [0.15, 0.2) is 0 Å². The molecule has 1 aliphatic heterocycles. The molecule has 0 aromatic heterocycles. The monoisotopic (exact) mass is 157 g/mol. The van der Waals surface area contributed by atoms with Crippen LogP contribution in [0.4, 0.5) is 0 Å². The van der Waals surface area contributed by atoms with Crippen LogP contribution in [0, 0.1) is 5.92 Å². The Labute approximate surface area is 69.4 Å². The van der Waals surface area contributed by atoms with Gasteiger partial charge < -0.3 is 5.32 Å². The highest BCUT2D eigenvalue weighted by molar-refractivity contribution is 5.80. The van der Waals surface area contributed by atoms with Crippen molar-refractivity contribution in [2.45, 2.75) is 46.6 Å². The van der Waals surface area contributed by atoms with E-state index in [0.717, 1.165) is 12.8 Å². The lowest BCUT2D eigenvalue weighted by Crippen LogP contribution is -2.25. The van der Waals surface area contributed by atoms with E-state index in [1.54, 1.807) is 0 Å². The van der Waals surface area contributed by atoms with Crippen molar-refractivity contribution in [2.24, 2.45) is 5.92 Å². The van der Waals surface area contributed by atoms with Crippen LogP contribution in [0.25, 0.3) is 0 Å². The molecule has 2 atom stereocenters. The quantitative estimate of drug-likeness (QED) is 0.619. The van der Waals surface area contributed by atoms with Gasteiger partial charge in [-0.15, -0.1) is 0 Å². The minimum Gasteiger partial charge on any atom is -0.353 e. The molecule has 1 aliphatic rings. The van der Waals surface area contributed by atoms with Gasteiger partial charge in [0.25, 0.3) is 0 Å². The van der Waals surface area contributed by atoms with Gasteiger partial charge >= 0.3 is 0 Å². The number of hydrogen-bond acceptors (Lipinski definition) is 1. The molecule has 66 valence electrons. The van der Waals surface area contributed by atoms with E-state index in [1.807, 2.05) is 20.8 Å². The van der Waals surface area contributed by atoms with Gasteiger partial charge in [0, 0.05) is 12.0 Å². The third kappa shape index (κ3) is 2.91. The maximum atomic E-state index is 10.8. The number of hydrogen-bond donors (Lipinski definition) is 1. The lowest BCUT2D eigenvalue weighted by Gasteiger charge is -2.02. The van der Waals surface area contributed by atoms with Crippen molar-refractivity contribution >= 4 is 5.91 Å². The zero-order valence-corrected chi connectivity index (χ0v) is 7.98. The van der Waals surface area contributed by atoms with E-state index in [4.69, 9.17) is 0 Å². The molecule has 0 aliphatic carbocycles. The summed E-state index contributed by atoms with van der Waals surface area (Å²) in [7, 11) is 0. The Morgan fingerprint density at radius 1 is 1.55 bits per heavy atom. The second-order valence-corrected chi connectivity index (χ2v) is 2.75. The number of carbonyl (C=O) groups excluding carboxylic acids is 1. The zero-order chi connectivity index (χ0) is 8.85. The first kappa shape index (κ1) is 10.5. The topological polar surface area (TPSA) is 29.1 Å². The molecule has 11 heavy (non-hydrogen) atoms. The Balaban J connectivity index is 0.000000461. The summed E-state index contributed by atoms with van der Waals surface area (Å²) in [6, 6.07) is 0.451. The molecule has 2 unspecified atom stereocenters. The molecule has 1 heterocycles. The normalized spacial score (nSPS) is 28.9. The van der Waals surface area contributed by atoms with Crippen molar-refractivity contribution < 1.29 is 4.79 Å². The summed E-state index contributed by atoms with van der Waals surface area (Å²) in [4.78, 5) is 10.8.